The van der Waals surface area contributed by atoms with E-state index in [1.165, 1.54) is 7.11 Å². The Kier molecular flexibility index (Phi) is 5.36. The van der Waals surface area contributed by atoms with Crippen molar-refractivity contribution in [2.75, 3.05) is 27.7 Å². The smallest absolute Gasteiger partial charge is 0.174 e. The molecule has 1 unspecified atom stereocenters. The third-order valence-corrected chi connectivity index (χ3v) is 4.29. The molecule has 136 valence electrons. The molecule has 0 saturated carbocycles. The number of ether oxygens (including phenoxy) is 1. The average molecular weight is 375 g/mol. The van der Waals surface area contributed by atoms with E-state index >= 15 is 0 Å². The zero-order chi connectivity index (χ0) is 18.8. The van der Waals surface area contributed by atoms with E-state index in [1.54, 1.807) is 36.5 Å². The van der Waals surface area contributed by atoms with E-state index in [-0.39, 0.29) is 11.8 Å². The molecule has 3 rings (SSSR count). The first-order valence-corrected chi connectivity index (χ1v) is 8.48. The normalized spacial score (nSPS) is 12.6. The van der Waals surface area contributed by atoms with E-state index in [9.17, 15) is 4.39 Å². The number of methoxy groups -OCH3 is 1. The van der Waals surface area contributed by atoms with Crippen LogP contribution in [0.3, 0.4) is 0 Å². The van der Waals surface area contributed by atoms with Crippen molar-refractivity contribution in [3.8, 4) is 17.0 Å². The second kappa shape index (κ2) is 7.53. The van der Waals surface area contributed by atoms with Crippen molar-refractivity contribution in [2.45, 2.75) is 6.04 Å². The molecular weight excluding hydrogens is 355 g/mol. The number of nitrogens with zero attached hydrogens (tertiary/aromatic N) is 3. The summed E-state index contributed by atoms with van der Waals surface area (Å²) in [5.74, 6) is -0.298. The predicted octanol–water partition coefficient (Wildman–Crippen LogP) is 3.66. The quantitative estimate of drug-likeness (QED) is 0.690. The largest absolute Gasteiger partial charge is 0.494 e. The van der Waals surface area contributed by atoms with Crippen LogP contribution in [-0.4, -0.2) is 42.6 Å². The van der Waals surface area contributed by atoms with Crippen LogP contribution in [0.5, 0.6) is 5.75 Å². The van der Waals surface area contributed by atoms with E-state index in [1.807, 2.05) is 19.0 Å². The molecule has 3 aromatic rings. The average Bonchev–Trinajstić information content (AvgIpc) is 2.60. The fourth-order valence-electron chi connectivity index (χ4n) is 2.91. The number of likely N-dealkylation sites (N-methyl/N-ethyl adjacent to an activating group) is 1. The molecule has 0 fully saturated rings. The number of nitrogens with two attached hydrogens (primary N) is 1. The summed E-state index contributed by atoms with van der Waals surface area (Å²) in [6, 6.07) is 8.11. The summed E-state index contributed by atoms with van der Waals surface area (Å²) >= 11 is 6.06. The molecule has 7 heteroatoms. The van der Waals surface area contributed by atoms with Gasteiger partial charge in [0.25, 0.3) is 0 Å². The van der Waals surface area contributed by atoms with Crippen molar-refractivity contribution in [3.63, 3.8) is 0 Å². The molecule has 2 aromatic heterocycles. The molecule has 1 atom stereocenters. The van der Waals surface area contributed by atoms with Crippen LogP contribution in [0.15, 0.2) is 36.5 Å². The van der Waals surface area contributed by atoms with Crippen LogP contribution in [0.4, 0.5) is 4.39 Å². The number of fused-ring (bicyclic) bond motifs is 1. The molecule has 5 nitrogen and oxygen atoms in total. The zero-order valence-electron chi connectivity index (χ0n) is 14.8. The third kappa shape index (κ3) is 3.62. The Morgan fingerprint density at radius 1 is 1.31 bits per heavy atom. The Morgan fingerprint density at radius 3 is 2.77 bits per heavy atom. The number of hydrogen-bond donors (Lipinski definition) is 1. The maximum atomic E-state index is 14.7. The summed E-state index contributed by atoms with van der Waals surface area (Å²) in [4.78, 5) is 10.8. The number of rotatable bonds is 5. The Balaban J connectivity index is 2.23. The highest BCUT2D eigenvalue weighted by Gasteiger charge is 2.18. The summed E-state index contributed by atoms with van der Waals surface area (Å²) in [6.07, 6.45) is 1.65. The minimum Gasteiger partial charge on any atom is -0.494 e. The van der Waals surface area contributed by atoms with Gasteiger partial charge in [0.15, 0.2) is 11.6 Å². The van der Waals surface area contributed by atoms with Crippen LogP contribution >= 0.6 is 11.6 Å². The number of hydrogen-bond acceptors (Lipinski definition) is 5. The molecule has 0 amide bonds. The van der Waals surface area contributed by atoms with Gasteiger partial charge in [0, 0.05) is 29.1 Å². The lowest BCUT2D eigenvalue weighted by atomic mass is 10.0. The second-order valence-corrected chi connectivity index (χ2v) is 6.70. The van der Waals surface area contributed by atoms with Gasteiger partial charge in [-0.15, -0.1) is 0 Å². The molecule has 0 aliphatic heterocycles. The predicted molar refractivity (Wildman–Crippen MR) is 102 cm³/mol. The molecule has 0 spiro atoms. The number of benzene rings is 1. The van der Waals surface area contributed by atoms with Gasteiger partial charge in [0.1, 0.15) is 5.15 Å². The van der Waals surface area contributed by atoms with Gasteiger partial charge in [-0.1, -0.05) is 17.7 Å². The van der Waals surface area contributed by atoms with E-state index < -0.39 is 5.82 Å². The van der Waals surface area contributed by atoms with Crippen molar-refractivity contribution in [1.82, 2.24) is 14.9 Å². The molecule has 2 N–H and O–H groups in total. The topological polar surface area (TPSA) is 64.3 Å². The van der Waals surface area contributed by atoms with Crippen LogP contribution in [0, 0.1) is 5.82 Å². The van der Waals surface area contributed by atoms with Gasteiger partial charge in [-0.05, 0) is 38.4 Å². The van der Waals surface area contributed by atoms with Crippen molar-refractivity contribution in [1.29, 1.82) is 0 Å². The Bertz CT molecular complexity index is 948. The van der Waals surface area contributed by atoms with Crippen molar-refractivity contribution in [3.05, 3.63) is 53.2 Å². The van der Waals surface area contributed by atoms with E-state index in [2.05, 4.69) is 9.97 Å². The lowest BCUT2D eigenvalue weighted by molar-refractivity contribution is 0.374. The van der Waals surface area contributed by atoms with Gasteiger partial charge in [-0.25, -0.2) is 9.37 Å². The van der Waals surface area contributed by atoms with Gasteiger partial charge >= 0.3 is 0 Å². The monoisotopic (exact) mass is 374 g/mol. The number of halogens is 2. The molecule has 0 saturated heterocycles. The van der Waals surface area contributed by atoms with E-state index in [0.29, 0.717) is 28.6 Å². The van der Waals surface area contributed by atoms with Gasteiger partial charge in [0.05, 0.1) is 24.5 Å². The van der Waals surface area contributed by atoms with E-state index in [0.717, 1.165) is 10.8 Å². The minimum atomic E-state index is -0.462. The Labute approximate surface area is 156 Å². The molecule has 0 bridgehead atoms. The zero-order valence-corrected chi connectivity index (χ0v) is 15.6. The number of pyridine rings is 2. The fraction of sp³-hybridized carbons (Fsp3) is 0.263. The molecule has 2 heterocycles. The highest BCUT2D eigenvalue weighted by atomic mass is 35.5. The van der Waals surface area contributed by atoms with Crippen LogP contribution in [0.25, 0.3) is 22.0 Å². The van der Waals surface area contributed by atoms with Crippen LogP contribution in [-0.2, 0) is 0 Å². The molecule has 0 radical (unpaired) electrons. The lowest BCUT2D eigenvalue weighted by Crippen LogP contribution is -2.27. The second-order valence-electron chi connectivity index (χ2n) is 6.31. The fourth-order valence-corrected chi connectivity index (χ4v) is 3.07. The van der Waals surface area contributed by atoms with Gasteiger partial charge < -0.3 is 15.4 Å². The van der Waals surface area contributed by atoms with Gasteiger partial charge in [-0.3, -0.25) is 4.98 Å². The van der Waals surface area contributed by atoms with Crippen LogP contribution in [0.1, 0.15) is 11.7 Å². The first-order chi connectivity index (χ1) is 12.4. The van der Waals surface area contributed by atoms with Gasteiger partial charge in [0.2, 0.25) is 0 Å². The summed E-state index contributed by atoms with van der Waals surface area (Å²) in [7, 11) is 5.30. The molecule has 1 aromatic carbocycles. The first kappa shape index (κ1) is 18.5. The Hall–Kier alpha value is -2.28. The summed E-state index contributed by atoms with van der Waals surface area (Å²) < 4.78 is 19.8. The third-order valence-electron chi connectivity index (χ3n) is 4.08. The maximum Gasteiger partial charge on any atom is 0.174 e. The molecule has 26 heavy (non-hydrogen) atoms. The highest BCUT2D eigenvalue weighted by molar-refractivity contribution is 6.30. The maximum absolute atomic E-state index is 14.7. The summed E-state index contributed by atoms with van der Waals surface area (Å²) in [5, 5.41) is 1.97. The summed E-state index contributed by atoms with van der Waals surface area (Å²) in [6.45, 7) is 0.589. The summed E-state index contributed by atoms with van der Waals surface area (Å²) in [5.41, 5.74) is 7.84. The molecular formula is C19H20ClFN4O. The van der Waals surface area contributed by atoms with Gasteiger partial charge in [-0.2, -0.15) is 0 Å². The Morgan fingerprint density at radius 2 is 2.08 bits per heavy atom. The molecule has 0 aliphatic rings. The van der Waals surface area contributed by atoms with Crippen molar-refractivity contribution >= 4 is 22.4 Å². The SMILES string of the molecule is COc1cccc(-c2cc3cnc(Cl)cc3c(C(N)CN(C)C)n2)c1F. The lowest BCUT2D eigenvalue weighted by Gasteiger charge is -2.19. The molecule has 0 aliphatic carbocycles. The standard InChI is InChI=1S/C19H20ClFN4O/c1-25(2)10-14(22)19-13-8-17(20)23-9-11(13)7-15(24-19)12-5-4-6-16(26-3)18(12)21/h4-9,14H,10,22H2,1-3H3. The van der Waals surface area contributed by atoms with Crippen LogP contribution < -0.4 is 10.5 Å². The minimum absolute atomic E-state index is 0.165. The van der Waals surface area contributed by atoms with E-state index in [4.69, 9.17) is 22.1 Å². The highest BCUT2D eigenvalue weighted by Crippen LogP contribution is 2.32. The van der Waals surface area contributed by atoms with Crippen molar-refractivity contribution < 1.29 is 9.13 Å². The van der Waals surface area contributed by atoms with Crippen LogP contribution in [0.2, 0.25) is 5.15 Å². The van der Waals surface area contributed by atoms with Crippen molar-refractivity contribution in [2.24, 2.45) is 5.73 Å². The number of aromatic nitrogens is 2. The first-order valence-electron chi connectivity index (χ1n) is 8.10.